The Morgan fingerprint density at radius 1 is 1.17 bits per heavy atom. The zero-order chi connectivity index (χ0) is 23.4. The van der Waals surface area contributed by atoms with Crippen molar-refractivity contribution >= 4 is 46.0 Å². The fourth-order valence-corrected chi connectivity index (χ4v) is 6.35. The van der Waals surface area contributed by atoms with Gasteiger partial charge in [0.25, 0.3) is 0 Å². The van der Waals surface area contributed by atoms with Gasteiger partial charge in [0, 0.05) is 35.5 Å². The molecule has 8 heteroatoms. The third-order valence-corrected chi connectivity index (χ3v) is 8.34. The number of carbonyl (C=O) groups excluding carboxylic acids is 1. The van der Waals surface area contributed by atoms with Crippen molar-refractivity contribution in [2.75, 3.05) is 31.6 Å². The minimum Gasteiger partial charge on any atom is -0.379 e. The number of hydrogen-bond acceptors (Lipinski definition) is 6. The Labute approximate surface area is 206 Å². The SMILES string of the molecule is O=C1Nc2ccccc2C12CC2c1ccc2c(/C=C/c3csc(CN4CCOCC4)n3)n[nH]c2c1. The number of rotatable bonds is 5. The number of aromatic nitrogens is 3. The highest BCUT2D eigenvalue weighted by Gasteiger charge is 2.65. The lowest BCUT2D eigenvalue weighted by molar-refractivity contribution is -0.118. The molecule has 2 fully saturated rings. The van der Waals surface area contributed by atoms with Crippen molar-refractivity contribution in [2.24, 2.45) is 0 Å². The summed E-state index contributed by atoms with van der Waals surface area (Å²) < 4.78 is 5.43. The lowest BCUT2D eigenvalue weighted by Crippen LogP contribution is -2.35. The van der Waals surface area contributed by atoms with Crippen molar-refractivity contribution in [2.45, 2.75) is 24.3 Å². The standard InChI is InChI=1S/C27H25N5O2S/c33-26-27(20-3-1-2-4-23(20)29-26)14-21(27)17-5-7-19-22(30-31-24(19)13-17)8-6-18-16-35-25(28-18)15-32-9-11-34-12-10-32/h1-8,13,16,21H,9-12,14-15H2,(H,29,33)(H,30,31)/b8-6+. The third kappa shape index (κ3) is 3.52. The normalized spacial score (nSPS) is 23.9. The van der Waals surface area contributed by atoms with Gasteiger partial charge in [-0.25, -0.2) is 4.98 Å². The van der Waals surface area contributed by atoms with E-state index >= 15 is 0 Å². The molecule has 0 bridgehead atoms. The van der Waals surface area contributed by atoms with E-state index in [9.17, 15) is 4.79 Å². The molecule has 7 nitrogen and oxygen atoms in total. The summed E-state index contributed by atoms with van der Waals surface area (Å²) in [7, 11) is 0. The Bertz CT molecular complexity index is 1470. The Kier molecular flexibility index (Phi) is 4.87. The van der Waals surface area contributed by atoms with E-state index in [1.807, 2.05) is 30.4 Å². The van der Waals surface area contributed by atoms with Crippen molar-refractivity contribution in [3.05, 3.63) is 75.4 Å². The van der Waals surface area contributed by atoms with Crippen molar-refractivity contribution in [3.63, 3.8) is 0 Å². The predicted molar refractivity (Wildman–Crippen MR) is 137 cm³/mol. The highest BCUT2D eigenvalue weighted by molar-refractivity contribution is 7.09. The summed E-state index contributed by atoms with van der Waals surface area (Å²) in [5.74, 6) is 0.311. The van der Waals surface area contributed by atoms with E-state index in [1.165, 1.54) is 5.56 Å². The molecule has 3 aliphatic rings. The molecule has 35 heavy (non-hydrogen) atoms. The van der Waals surface area contributed by atoms with E-state index in [-0.39, 0.29) is 11.8 Å². The average Bonchev–Trinajstić information content (AvgIpc) is 3.12. The first-order chi connectivity index (χ1) is 17.2. The molecule has 2 atom stereocenters. The molecule has 2 aromatic heterocycles. The number of anilines is 1. The van der Waals surface area contributed by atoms with Crippen molar-refractivity contribution in [3.8, 4) is 0 Å². The van der Waals surface area contributed by atoms with Crippen molar-refractivity contribution in [1.82, 2.24) is 20.1 Å². The number of nitrogens with one attached hydrogen (secondary N) is 2. The topological polar surface area (TPSA) is 83.1 Å². The summed E-state index contributed by atoms with van der Waals surface area (Å²) in [6.45, 7) is 4.40. The van der Waals surface area contributed by atoms with Gasteiger partial charge in [0.1, 0.15) is 5.01 Å². The Morgan fingerprint density at radius 2 is 2.06 bits per heavy atom. The molecule has 1 saturated heterocycles. The molecule has 1 spiro atoms. The van der Waals surface area contributed by atoms with Crippen LogP contribution in [0.15, 0.2) is 47.8 Å². The molecular formula is C27H25N5O2S. The molecule has 7 rings (SSSR count). The first-order valence-corrected chi connectivity index (χ1v) is 12.9. The van der Waals surface area contributed by atoms with Gasteiger partial charge in [0.05, 0.1) is 42.1 Å². The highest BCUT2D eigenvalue weighted by atomic mass is 32.1. The second-order valence-electron chi connectivity index (χ2n) is 9.53. The van der Waals surface area contributed by atoms with Crippen LogP contribution < -0.4 is 5.32 Å². The van der Waals surface area contributed by atoms with Crippen LogP contribution in [0.4, 0.5) is 5.69 Å². The quantitative estimate of drug-likeness (QED) is 0.440. The second-order valence-corrected chi connectivity index (χ2v) is 10.5. The molecule has 4 heterocycles. The van der Waals surface area contributed by atoms with Crippen LogP contribution in [0, 0.1) is 0 Å². The zero-order valence-corrected chi connectivity index (χ0v) is 20.0. The van der Waals surface area contributed by atoms with Gasteiger partial charge in [-0.1, -0.05) is 30.3 Å². The largest absolute Gasteiger partial charge is 0.379 e. The van der Waals surface area contributed by atoms with Crippen LogP contribution in [-0.4, -0.2) is 52.3 Å². The maximum absolute atomic E-state index is 12.8. The molecule has 4 aromatic rings. The number of H-pyrrole nitrogens is 1. The summed E-state index contributed by atoms with van der Waals surface area (Å²) >= 11 is 1.69. The summed E-state index contributed by atoms with van der Waals surface area (Å²) in [5, 5.41) is 15.1. The molecule has 1 aliphatic carbocycles. The summed E-state index contributed by atoms with van der Waals surface area (Å²) in [6.07, 6.45) is 4.89. The minimum absolute atomic E-state index is 0.119. The lowest BCUT2D eigenvalue weighted by atomic mass is 9.92. The van der Waals surface area contributed by atoms with Crippen LogP contribution in [-0.2, 0) is 21.5 Å². The number of thiazole rings is 1. The number of fused-ring (bicyclic) bond motifs is 3. The molecule has 2 aromatic carbocycles. The number of aromatic amines is 1. The zero-order valence-electron chi connectivity index (χ0n) is 19.2. The van der Waals surface area contributed by atoms with Gasteiger partial charge in [0.2, 0.25) is 5.91 Å². The van der Waals surface area contributed by atoms with Gasteiger partial charge < -0.3 is 10.1 Å². The van der Waals surface area contributed by atoms with Crippen LogP contribution in [0.1, 0.15) is 39.9 Å². The van der Waals surface area contributed by atoms with Crippen LogP contribution in [0.3, 0.4) is 0 Å². The lowest BCUT2D eigenvalue weighted by Gasteiger charge is -2.25. The van der Waals surface area contributed by atoms with Crippen LogP contribution >= 0.6 is 11.3 Å². The first-order valence-electron chi connectivity index (χ1n) is 12.0. The van der Waals surface area contributed by atoms with Gasteiger partial charge in [-0.3, -0.25) is 14.8 Å². The number of morpholine rings is 1. The minimum atomic E-state index is -0.420. The summed E-state index contributed by atoms with van der Waals surface area (Å²) in [6, 6.07) is 14.5. The highest BCUT2D eigenvalue weighted by Crippen LogP contribution is 2.64. The predicted octanol–water partition coefficient (Wildman–Crippen LogP) is 4.40. The summed E-state index contributed by atoms with van der Waals surface area (Å²) in [5.41, 5.74) is 5.67. The summed E-state index contributed by atoms with van der Waals surface area (Å²) in [4.78, 5) is 20.0. The third-order valence-electron chi connectivity index (χ3n) is 7.48. The van der Waals surface area contributed by atoms with E-state index in [0.29, 0.717) is 0 Å². The molecular weight excluding hydrogens is 458 g/mol. The fourth-order valence-electron chi connectivity index (χ4n) is 5.54. The molecule has 2 unspecified atom stereocenters. The molecule has 0 radical (unpaired) electrons. The molecule has 1 saturated carbocycles. The monoisotopic (exact) mass is 483 g/mol. The van der Waals surface area contributed by atoms with Crippen molar-refractivity contribution in [1.29, 1.82) is 0 Å². The maximum atomic E-state index is 12.8. The van der Waals surface area contributed by atoms with Gasteiger partial charge in [-0.15, -0.1) is 11.3 Å². The number of ether oxygens (including phenoxy) is 1. The fraction of sp³-hybridized carbons (Fsp3) is 0.296. The molecule has 1 amide bonds. The van der Waals surface area contributed by atoms with Gasteiger partial charge in [-0.2, -0.15) is 5.10 Å². The number of hydrogen-bond donors (Lipinski definition) is 2. The van der Waals surface area contributed by atoms with E-state index in [1.54, 1.807) is 11.3 Å². The molecule has 2 aliphatic heterocycles. The van der Waals surface area contributed by atoms with Gasteiger partial charge in [-0.05, 0) is 41.8 Å². The van der Waals surface area contributed by atoms with E-state index in [2.05, 4.69) is 50.1 Å². The number of carbonyl (C=O) groups is 1. The van der Waals surface area contributed by atoms with Crippen LogP contribution in [0.25, 0.3) is 23.1 Å². The second kappa shape index (κ2) is 8.12. The Morgan fingerprint density at radius 3 is 2.97 bits per heavy atom. The number of nitrogens with zero attached hydrogens (tertiary/aromatic N) is 3. The molecule has 2 N–H and O–H groups in total. The average molecular weight is 484 g/mol. The van der Waals surface area contributed by atoms with Crippen molar-refractivity contribution < 1.29 is 9.53 Å². The van der Waals surface area contributed by atoms with E-state index < -0.39 is 5.41 Å². The van der Waals surface area contributed by atoms with Crippen LogP contribution in [0.2, 0.25) is 0 Å². The maximum Gasteiger partial charge on any atom is 0.235 e. The van der Waals surface area contributed by atoms with Gasteiger partial charge in [0.15, 0.2) is 0 Å². The number of amides is 1. The first kappa shape index (κ1) is 21.0. The Hall–Kier alpha value is -3.33. The van der Waals surface area contributed by atoms with E-state index in [0.717, 1.165) is 77.8 Å². The van der Waals surface area contributed by atoms with Crippen LogP contribution in [0.5, 0.6) is 0 Å². The smallest absolute Gasteiger partial charge is 0.235 e. The Balaban J connectivity index is 1.09. The number of benzene rings is 2. The van der Waals surface area contributed by atoms with Gasteiger partial charge >= 0.3 is 0 Å². The van der Waals surface area contributed by atoms with E-state index in [4.69, 9.17) is 9.72 Å². The molecule has 176 valence electrons. The number of para-hydroxylation sites is 1.